The minimum absolute atomic E-state index is 0.000518. The lowest BCUT2D eigenvalue weighted by atomic mass is 9.74. The van der Waals surface area contributed by atoms with Crippen LogP contribution in [0, 0.1) is 12.3 Å². The fourth-order valence-electron chi connectivity index (χ4n) is 3.61. The molecule has 0 radical (unpaired) electrons. The van der Waals surface area contributed by atoms with E-state index in [1.54, 1.807) is 6.92 Å². The molecule has 132 valence electrons. The second-order valence-corrected chi connectivity index (χ2v) is 7.48. The summed E-state index contributed by atoms with van der Waals surface area (Å²) in [5.74, 6) is 1.65. The number of aromatic nitrogens is 2. The zero-order chi connectivity index (χ0) is 17.4. The van der Waals surface area contributed by atoms with E-state index in [-0.39, 0.29) is 24.2 Å². The molecule has 0 aliphatic carbocycles. The van der Waals surface area contributed by atoms with Crippen LogP contribution in [0.3, 0.4) is 0 Å². The maximum Gasteiger partial charge on any atom is 0.277 e. The molecule has 1 amide bonds. The molecule has 3 heterocycles. The molecule has 0 unspecified atom stereocenters. The van der Waals surface area contributed by atoms with Gasteiger partial charge in [0.05, 0.1) is 24.4 Å². The summed E-state index contributed by atoms with van der Waals surface area (Å²) < 4.78 is 11.1. The maximum atomic E-state index is 12.6. The summed E-state index contributed by atoms with van der Waals surface area (Å²) in [4.78, 5) is 14.4. The van der Waals surface area contributed by atoms with Crippen LogP contribution in [0.5, 0.6) is 5.75 Å². The number of nitrogens with zero attached hydrogens (tertiary/aromatic N) is 3. The van der Waals surface area contributed by atoms with E-state index < -0.39 is 5.41 Å². The first-order valence-electron chi connectivity index (χ1n) is 8.14. The highest BCUT2D eigenvalue weighted by molar-refractivity contribution is 7.99. The van der Waals surface area contributed by atoms with Crippen molar-refractivity contribution in [2.24, 2.45) is 5.41 Å². The summed E-state index contributed by atoms with van der Waals surface area (Å²) in [6, 6.07) is 7.86. The van der Waals surface area contributed by atoms with Gasteiger partial charge in [-0.15, -0.1) is 10.2 Å². The molecule has 2 atom stereocenters. The fraction of sp³-hybridized carbons (Fsp3) is 0.471. The minimum atomic E-state index is -0.435. The zero-order valence-electron chi connectivity index (χ0n) is 13.8. The van der Waals surface area contributed by atoms with Crippen LogP contribution in [0.15, 0.2) is 33.9 Å². The first kappa shape index (κ1) is 16.4. The minimum Gasteiger partial charge on any atom is -0.493 e. The van der Waals surface area contributed by atoms with E-state index in [9.17, 15) is 9.90 Å². The van der Waals surface area contributed by atoms with Crippen LogP contribution >= 0.6 is 11.8 Å². The number of ether oxygens (including phenoxy) is 1. The largest absolute Gasteiger partial charge is 0.493 e. The molecule has 1 saturated heterocycles. The number of carbonyl (C=O) groups excluding carboxylic acids is 1. The first-order chi connectivity index (χ1) is 12.1. The second-order valence-electron chi connectivity index (χ2n) is 6.55. The van der Waals surface area contributed by atoms with Crippen molar-refractivity contribution < 1.29 is 19.1 Å². The number of rotatable bonds is 4. The van der Waals surface area contributed by atoms with Crippen LogP contribution < -0.4 is 4.74 Å². The van der Waals surface area contributed by atoms with E-state index in [0.29, 0.717) is 30.8 Å². The Morgan fingerprint density at radius 2 is 2.28 bits per heavy atom. The first-order valence-corrected chi connectivity index (χ1v) is 9.13. The van der Waals surface area contributed by atoms with Gasteiger partial charge in [-0.2, -0.15) is 0 Å². The van der Waals surface area contributed by atoms with Gasteiger partial charge in [-0.25, -0.2) is 0 Å². The number of fused-ring (bicyclic) bond motifs is 3. The number of hydrogen-bond acceptors (Lipinski definition) is 7. The lowest BCUT2D eigenvalue weighted by Gasteiger charge is -2.37. The molecule has 1 N–H and O–H groups in total. The molecule has 4 rings (SSSR count). The number of benzene rings is 1. The molecule has 2 aliphatic heterocycles. The molecule has 1 aromatic heterocycles. The maximum absolute atomic E-state index is 12.6. The molecular formula is C17H19N3O4S. The van der Waals surface area contributed by atoms with Crippen LogP contribution in [0.4, 0.5) is 0 Å². The molecule has 2 aromatic rings. The summed E-state index contributed by atoms with van der Waals surface area (Å²) in [7, 11) is 0. The van der Waals surface area contributed by atoms with Gasteiger partial charge in [0, 0.05) is 25.9 Å². The Morgan fingerprint density at radius 1 is 1.44 bits per heavy atom. The summed E-state index contributed by atoms with van der Waals surface area (Å²) in [5, 5.41) is 18.1. The van der Waals surface area contributed by atoms with Gasteiger partial charge >= 0.3 is 0 Å². The van der Waals surface area contributed by atoms with Crippen LogP contribution in [0.1, 0.15) is 17.4 Å². The van der Waals surface area contributed by atoms with Gasteiger partial charge in [0.2, 0.25) is 11.8 Å². The number of thioether (sulfide) groups is 1. The van der Waals surface area contributed by atoms with Crippen LogP contribution in [0.2, 0.25) is 0 Å². The Hall–Kier alpha value is -2.06. The van der Waals surface area contributed by atoms with E-state index in [2.05, 4.69) is 10.2 Å². The standard InChI is InChI=1S/C17H19N3O4S/c1-11-18-19-16(24-11)25-7-15(22)20-6-13-12-4-2-3-5-14(12)23-10-17(13,8-20)9-21/h2-5,13,21H,6-10H2,1H3/t13-,17-/m1/s1. The van der Waals surface area contributed by atoms with Gasteiger partial charge in [0.25, 0.3) is 5.22 Å². The number of aliphatic hydroxyl groups excluding tert-OH is 1. The number of carbonyl (C=O) groups is 1. The molecule has 25 heavy (non-hydrogen) atoms. The highest BCUT2D eigenvalue weighted by Crippen LogP contribution is 2.49. The number of hydrogen-bond donors (Lipinski definition) is 1. The lowest BCUT2D eigenvalue weighted by Crippen LogP contribution is -2.42. The van der Waals surface area contributed by atoms with Crippen molar-refractivity contribution in [1.29, 1.82) is 0 Å². The molecule has 0 spiro atoms. The van der Waals surface area contributed by atoms with Crippen molar-refractivity contribution in [2.45, 2.75) is 18.1 Å². The fourth-order valence-corrected chi connectivity index (χ4v) is 4.32. The molecule has 1 fully saturated rings. The molecule has 7 nitrogen and oxygen atoms in total. The predicted octanol–water partition coefficient (Wildman–Crippen LogP) is 1.47. The van der Waals surface area contributed by atoms with E-state index in [1.807, 2.05) is 29.2 Å². The van der Waals surface area contributed by atoms with E-state index in [4.69, 9.17) is 9.15 Å². The Morgan fingerprint density at radius 3 is 3.04 bits per heavy atom. The average Bonchev–Trinajstić information content (AvgIpc) is 3.23. The molecule has 0 bridgehead atoms. The van der Waals surface area contributed by atoms with Crippen molar-refractivity contribution in [1.82, 2.24) is 15.1 Å². The molecule has 1 aromatic carbocycles. The van der Waals surface area contributed by atoms with Crippen LogP contribution in [0.25, 0.3) is 0 Å². The normalized spacial score (nSPS) is 24.6. The zero-order valence-corrected chi connectivity index (χ0v) is 14.7. The second kappa shape index (κ2) is 6.34. The van der Waals surface area contributed by atoms with Crippen molar-refractivity contribution in [3.8, 4) is 5.75 Å². The Kier molecular flexibility index (Phi) is 4.16. The van der Waals surface area contributed by atoms with Gasteiger partial charge in [0.15, 0.2) is 0 Å². The predicted molar refractivity (Wildman–Crippen MR) is 90.5 cm³/mol. The third-order valence-electron chi connectivity index (χ3n) is 4.95. The molecule has 8 heteroatoms. The smallest absolute Gasteiger partial charge is 0.277 e. The topological polar surface area (TPSA) is 88.7 Å². The van der Waals surface area contributed by atoms with Crippen molar-refractivity contribution >= 4 is 17.7 Å². The van der Waals surface area contributed by atoms with Gasteiger partial charge in [-0.05, 0) is 11.6 Å². The average molecular weight is 361 g/mol. The third-order valence-corrected chi connectivity index (χ3v) is 5.75. The van der Waals surface area contributed by atoms with Crippen LogP contribution in [-0.4, -0.2) is 58.2 Å². The Labute approximate surface area is 149 Å². The highest BCUT2D eigenvalue weighted by Gasteiger charge is 2.51. The third kappa shape index (κ3) is 2.89. The number of aliphatic hydroxyl groups is 1. The van der Waals surface area contributed by atoms with Gasteiger partial charge in [0.1, 0.15) is 5.75 Å². The number of amides is 1. The Balaban J connectivity index is 1.49. The SMILES string of the molecule is Cc1nnc(SCC(=O)N2C[C@@H]3c4ccccc4OC[C@]3(CO)C2)o1. The molecule has 0 saturated carbocycles. The van der Waals surface area contributed by atoms with Crippen molar-refractivity contribution in [2.75, 3.05) is 32.1 Å². The Bertz CT molecular complexity index is 796. The van der Waals surface area contributed by atoms with Crippen molar-refractivity contribution in [3.63, 3.8) is 0 Å². The lowest BCUT2D eigenvalue weighted by molar-refractivity contribution is -0.127. The number of aryl methyl sites for hydroxylation is 1. The summed E-state index contributed by atoms with van der Waals surface area (Å²) in [6.07, 6.45) is 0. The van der Waals surface area contributed by atoms with Gasteiger partial charge in [-0.1, -0.05) is 30.0 Å². The highest BCUT2D eigenvalue weighted by atomic mass is 32.2. The van der Waals surface area contributed by atoms with Gasteiger partial charge in [-0.3, -0.25) is 4.79 Å². The number of likely N-dealkylation sites (tertiary alicyclic amines) is 1. The summed E-state index contributed by atoms with van der Waals surface area (Å²) >= 11 is 1.24. The van der Waals surface area contributed by atoms with Gasteiger partial charge < -0.3 is 19.2 Å². The molecule has 2 aliphatic rings. The van der Waals surface area contributed by atoms with E-state index in [1.165, 1.54) is 11.8 Å². The van der Waals surface area contributed by atoms with E-state index in [0.717, 1.165) is 11.3 Å². The summed E-state index contributed by atoms with van der Waals surface area (Å²) in [6.45, 7) is 3.21. The van der Waals surface area contributed by atoms with Crippen LogP contribution in [-0.2, 0) is 4.79 Å². The summed E-state index contributed by atoms with van der Waals surface area (Å²) in [5.41, 5.74) is 0.633. The number of para-hydroxylation sites is 1. The molecular weight excluding hydrogens is 342 g/mol. The van der Waals surface area contributed by atoms with Crippen molar-refractivity contribution in [3.05, 3.63) is 35.7 Å². The monoisotopic (exact) mass is 361 g/mol. The van der Waals surface area contributed by atoms with E-state index >= 15 is 0 Å². The quantitative estimate of drug-likeness (QED) is 0.825.